The lowest BCUT2D eigenvalue weighted by molar-refractivity contribution is -0.0871. The van der Waals surface area contributed by atoms with Crippen LogP contribution in [0, 0.1) is 11.3 Å². The summed E-state index contributed by atoms with van der Waals surface area (Å²) in [7, 11) is 0. The Balaban J connectivity index is 1.25. The van der Waals surface area contributed by atoms with E-state index in [-0.39, 0.29) is 36.0 Å². The number of aliphatic hydroxyl groups excluding tert-OH is 1. The third-order valence-electron chi connectivity index (χ3n) is 8.06. The van der Waals surface area contributed by atoms with E-state index in [1.807, 2.05) is 45.0 Å². The number of aliphatic hydroxyl groups is 1. The van der Waals surface area contributed by atoms with E-state index in [0.717, 1.165) is 0 Å². The van der Waals surface area contributed by atoms with Crippen molar-refractivity contribution < 1.29 is 24.2 Å². The maximum absolute atomic E-state index is 13.3. The fourth-order valence-corrected chi connectivity index (χ4v) is 6.86. The first-order valence-corrected chi connectivity index (χ1v) is 13.3. The summed E-state index contributed by atoms with van der Waals surface area (Å²) >= 11 is 0. The van der Waals surface area contributed by atoms with Crippen LogP contribution in [0.25, 0.3) is 11.1 Å². The quantitative estimate of drug-likeness (QED) is 0.587. The van der Waals surface area contributed by atoms with Crippen LogP contribution in [0.4, 0.5) is 9.59 Å². The molecule has 0 aromatic heterocycles. The normalized spacial score (nSPS) is 26.6. The van der Waals surface area contributed by atoms with Gasteiger partial charge in [0.25, 0.3) is 0 Å². The van der Waals surface area contributed by atoms with Crippen LogP contribution < -0.4 is 5.32 Å². The first kappa shape index (κ1) is 25.6. The molecule has 2 fully saturated rings. The molecule has 3 aliphatic rings. The number of nitrogens with one attached hydrogen (secondary N) is 1. The van der Waals surface area contributed by atoms with Crippen molar-refractivity contribution in [3.63, 3.8) is 0 Å². The number of fused-ring (bicyclic) bond motifs is 3. The zero-order chi connectivity index (χ0) is 26.5. The van der Waals surface area contributed by atoms with Gasteiger partial charge in [0.05, 0.1) is 12.1 Å². The van der Waals surface area contributed by atoms with Crippen LogP contribution >= 0.6 is 0 Å². The number of amides is 2. The number of alkyl carbamates (subject to hydrolysis) is 1. The van der Waals surface area contributed by atoms with E-state index in [0.29, 0.717) is 19.4 Å². The molecule has 7 nitrogen and oxygen atoms in total. The molecule has 198 valence electrons. The second-order valence-corrected chi connectivity index (χ2v) is 12.2. The minimum Gasteiger partial charge on any atom is -0.448 e. The summed E-state index contributed by atoms with van der Waals surface area (Å²) in [6.45, 7) is 10.4. The van der Waals surface area contributed by atoms with E-state index in [1.54, 1.807) is 4.90 Å². The second-order valence-electron chi connectivity index (χ2n) is 12.2. The number of rotatable bonds is 4. The number of carbonyl (C=O) groups excluding carboxylic acids is 2. The molecule has 5 rings (SSSR count). The number of nitrogens with zero attached hydrogens (tertiary/aromatic N) is 1. The van der Waals surface area contributed by atoms with Gasteiger partial charge in [0.1, 0.15) is 12.2 Å². The van der Waals surface area contributed by atoms with Crippen molar-refractivity contribution in [1.29, 1.82) is 0 Å². The highest BCUT2D eigenvalue weighted by molar-refractivity contribution is 5.79. The van der Waals surface area contributed by atoms with Gasteiger partial charge in [-0.1, -0.05) is 62.4 Å². The van der Waals surface area contributed by atoms with E-state index in [2.05, 4.69) is 43.4 Å². The molecular weight excluding hydrogens is 468 g/mol. The van der Waals surface area contributed by atoms with Gasteiger partial charge >= 0.3 is 12.2 Å². The Bertz CT molecular complexity index is 1140. The lowest BCUT2D eigenvalue weighted by atomic mass is 9.66. The monoisotopic (exact) mass is 506 g/mol. The molecule has 4 atom stereocenters. The molecule has 2 N–H and O–H groups in total. The smallest absolute Gasteiger partial charge is 0.410 e. The Kier molecular flexibility index (Phi) is 6.47. The van der Waals surface area contributed by atoms with Gasteiger partial charge in [0.2, 0.25) is 0 Å². The number of benzene rings is 2. The Morgan fingerprint density at radius 3 is 2.22 bits per heavy atom. The molecule has 0 bridgehead atoms. The molecule has 7 heteroatoms. The predicted molar refractivity (Wildman–Crippen MR) is 141 cm³/mol. The van der Waals surface area contributed by atoms with E-state index >= 15 is 0 Å². The van der Waals surface area contributed by atoms with Gasteiger partial charge in [-0.05, 0) is 61.8 Å². The molecule has 2 unspecified atom stereocenters. The van der Waals surface area contributed by atoms with E-state index < -0.39 is 23.8 Å². The summed E-state index contributed by atoms with van der Waals surface area (Å²) in [4.78, 5) is 27.4. The highest BCUT2D eigenvalue weighted by Gasteiger charge is 2.61. The van der Waals surface area contributed by atoms with Gasteiger partial charge in [-0.15, -0.1) is 0 Å². The number of likely N-dealkylation sites (tertiary alicyclic amines) is 1. The number of hydrogen-bond acceptors (Lipinski definition) is 5. The molecule has 1 spiro atoms. The SMILES string of the molecule is CC(C)C1N(C(=O)OCC2c3ccccc3-c3ccccc32)CC12C[C@@H](O)[C@H](NC(=O)OC(C)(C)C)C2. The molecule has 1 heterocycles. The average molecular weight is 507 g/mol. The van der Waals surface area contributed by atoms with E-state index in [4.69, 9.17) is 9.47 Å². The third-order valence-corrected chi connectivity index (χ3v) is 8.06. The van der Waals surface area contributed by atoms with Crippen LogP contribution in [0.1, 0.15) is 64.5 Å². The van der Waals surface area contributed by atoms with Gasteiger partial charge in [-0.25, -0.2) is 9.59 Å². The molecule has 1 saturated heterocycles. The van der Waals surface area contributed by atoms with Crippen molar-refractivity contribution in [3.05, 3.63) is 59.7 Å². The van der Waals surface area contributed by atoms with E-state index in [9.17, 15) is 14.7 Å². The second kappa shape index (κ2) is 9.35. The van der Waals surface area contributed by atoms with Crippen molar-refractivity contribution >= 4 is 12.2 Å². The molecular formula is C30H38N2O5. The minimum absolute atomic E-state index is 0.0137. The van der Waals surface area contributed by atoms with Gasteiger partial charge in [0.15, 0.2) is 0 Å². The van der Waals surface area contributed by atoms with Crippen molar-refractivity contribution in [2.24, 2.45) is 11.3 Å². The number of ether oxygens (including phenoxy) is 2. The lowest BCUT2D eigenvalue weighted by Gasteiger charge is -2.57. The van der Waals surface area contributed by atoms with Gasteiger partial charge in [0, 0.05) is 23.9 Å². The number of carbonyl (C=O) groups is 2. The molecule has 2 aromatic rings. The Morgan fingerprint density at radius 1 is 1.05 bits per heavy atom. The molecule has 37 heavy (non-hydrogen) atoms. The lowest BCUT2D eigenvalue weighted by Crippen LogP contribution is -2.67. The van der Waals surface area contributed by atoms with Crippen LogP contribution in [0.15, 0.2) is 48.5 Å². The fourth-order valence-electron chi connectivity index (χ4n) is 6.86. The van der Waals surface area contributed by atoms with E-state index in [1.165, 1.54) is 22.3 Å². The standard InChI is InChI=1S/C30H38N2O5/c1-18(2)26-30(14-24(25(33)15-30)31-27(34)37-29(3,4)5)17-32(26)28(35)36-16-23-21-12-8-6-10-19(21)20-11-7-9-13-22(20)23/h6-13,18,23-26,33H,14-17H2,1-5H3,(H,31,34)/t24-,25-,26?,30?/m1/s1. The summed E-state index contributed by atoms with van der Waals surface area (Å²) in [6.07, 6.45) is -0.391. The first-order valence-electron chi connectivity index (χ1n) is 13.3. The highest BCUT2D eigenvalue weighted by Crippen LogP contribution is 2.53. The molecule has 2 amide bonds. The van der Waals surface area contributed by atoms with Crippen LogP contribution in [0.3, 0.4) is 0 Å². The Morgan fingerprint density at radius 2 is 1.65 bits per heavy atom. The maximum atomic E-state index is 13.3. The van der Waals surface area contributed by atoms with Crippen LogP contribution in [0.2, 0.25) is 0 Å². The largest absolute Gasteiger partial charge is 0.448 e. The summed E-state index contributed by atoms with van der Waals surface area (Å²) in [5.74, 6) is 0.196. The maximum Gasteiger partial charge on any atom is 0.410 e. The first-order chi connectivity index (χ1) is 17.5. The fraction of sp³-hybridized carbons (Fsp3) is 0.533. The third kappa shape index (κ3) is 4.70. The minimum atomic E-state index is -0.682. The summed E-state index contributed by atoms with van der Waals surface area (Å²) in [6, 6.07) is 16.1. The average Bonchev–Trinajstić information content (AvgIpc) is 3.30. The van der Waals surface area contributed by atoms with Crippen LogP contribution in [0.5, 0.6) is 0 Å². The van der Waals surface area contributed by atoms with Gasteiger partial charge in [-0.2, -0.15) is 0 Å². The highest BCUT2D eigenvalue weighted by atomic mass is 16.6. The van der Waals surface area contributed by atoms with Crippen molar-refractivity contribution in [3.8, 4) is 11.1 Å². The molecule has 2 aromatic carbocycles. The summed E-state index contributed by atoms with van der Waals surface area (Å²) < 4.78 is 11.3. The summed E-state index contributed by atoms with van der Waals surface area (Å²) in [5, 5.41) is 13.6. The zero-order valence-corrected chi connectivity index (χ0v) is 22.4. The topological polar surface area (TPSA) is 88.1 Å². The number of hydrogen-bond donors (Lipinski definition) is 2. The van der Waals surface area contributed by atoms with Crippen LogP contribution in [-0.2, 0) is 9.47 Å². The molecule has 1 aliphatic heterocycles. The van der Waals surface area contributed by atoms with Gasteiger partial charge < -0.3 is 24.8 Å². The Labute approximate surface area is 219 Å². The molecule has 1 saturated carbocycles. The molecule has 2 aliphatic carbocycles. The summed E-state index contributed by atoms with van der Waals surface area (Å²) in [5.41, 5.74) is 3.91. The van der Waals surface area contributed by atoms with Gasteiger partial charge in [-0.3, -0.25) is 0 Å². The molecule has 0 radical (unpaired) electrons. The zero-order valence-electron chi connectivity index (χ0n) is 22.4. The van der Waals surface area contributed by atoms with Crippen molar-refractivity contribution in [2.75, 3.05) is 13.2 Å². The van der Waals surface area contributed by atoms with Crippen molar-refractivity contribution in [1.82, 2.24) is 10.2 Å². The van der Waals surface area contributed by atoms with Crippen LogP contribution in [-0.4, -0.2) is 59.1 Å². The van der Waals surface area contributed by atoms with Crippen molar-refractivity contribution in [2.45, 2.75) is 77.2 Å². The predicted octanol–water partition coefficient (Wildman–Crippen LogP) is 5.31. The Hall–Kier alpha value is -3.06.